The number of rotatable bonds is 3. The van der Waals surface area contributed by atoms with E-state index in [9.17, 15) is 4.79 Å². The van der Waals surface area contributed by atoms with Crippen molar-refractivity contribution in [2.75, 3.05) is 11.9 Å². The monoisotopic (exact) mass is 295 g/mol. The van der Waals surface area contributed by atoms with Gasteiger partial charge >= 0.3 is 0 Å². The van der Waals surface area contributed by atoms with Crippen LogP contribution in [0.4, 0.5) is 5.69 Å². The van der Waals surface area contributed by atoms with Gasteiger partial charge in [-0.1, -0.05) is 32.0 Å². The van der Waals surface area contributed by atoms with Crippen molar-refractivity contribution in [2.24, 2.45) is 0 Å². The van der Waals surface area contributed by atoms with E-state index in [1.165, 1.54) is 11.1 Å². The maximum atomic E-state index is 12.6. The SMILES string of the molecule is CC(C)c1ccc2c(c1)CNCC2C(=O)Nc1cccnc1. The molecule has 0 spiro atoms. The van der Waals surface area contributed by atoms with Crippen LogP contribution in [0.15, 0.2) is 42.7 Å². The number of aromatic nitrogens is 1. The van der Waals surface area contributed by atoms with Crippen LogP contribution in [0.3, 0.4) is 0 Å². The lowest BCUT2D eigenvalue weighted by Gasteiger charge is -2.26. The Morgan fingerprint density at radius 1 is 1.36 bits per heavy atom. The second kappa shape index (κ2) is 6.28. The van der Waals surface area contributed by atoms with Gasteiger partial charge in [-0.3, -0.25) is 9.78 Å². The van der Waals surface area contributed by atoms with Crippen LogP contribution in [-0.4, -0.2) is 17.4 Å². The number of hydrogen-bond acceptors (Lipinski definition) is 3. The van der Waals surface area contributed by atoms with Crippen LogP contribution in [-0.2, 0) is 11.3 Å². The van der Waals surface area contributed by atoms with Gasteiger partial charge in [0.2, 0.25) is 5.91 Å². The number of pyridine rings is 1. The highest BCUT2D eigenvalue weighted by Crippen LogP contribution is 2.28. The maximum Gasteiger partial charge on any atom is 0.233 e. The van der Waals surface area contributed by atoms with Gasteiger partial charge in [0.15, 0.2) is 0 Å². The standard InChI is InChI=1S/C18H21N3O/c1-12(2)13-5-6-16-14(8-13)9-20-11-17(16)18(22)21-15-4-3-7-19-10-15/h3-8,10,12,17,20H,9,11H2,1-2H3,(H,21,22). The number of benzene rings is 1. The van der Waals surface area contributed by atoms with E-state index in [2.05, 4.69) is 47.7 Å². The number of fused-ring (bicyclic) bond motifs is 1. The molecule has 0 fully saturated rings. The number of anilines is 1. The zero-order valence-electron chi connectivity index (χ0n) is 13.0. The second-order valence-electron chi connectivity index (χ2n) is 6.03. The lowest BCUT2D eigenvalue weighted by molar-refractivity contribution is -0.117. The summed E-state index contributed by atoms with van der Waals surface area (Å²) in [6, 6.07) is 10.1. The fraction of sp³-hybridized carbons (Fsp3) is 0.333. The Morgan fingerprint density at radius 3 is 2.95 bits per heavy atom. The molecule has 1 amide bonds. The van der Waals surface area contributed by atoms with Gasteiger partial charge < -0.3 is 10.6 Å². The number of nitrogens with one attached hydrogen (secondary N) is 2. The first-order valence-corrected chi connectivity index (χ1v) is 7.69. The summed E-state index contributed by atoms with van der Waals surface area (Å²) < 4.78 is 0. The molecule has 1 aliphatic rings. The molecule has 3 rings (SSSR count). The highest BCUT2D eigenvalue weighted by atomic mass is 16.1. The van der Waals surface area contributed by atoms with Crippen molar-refractivity contribution < 1.29 is 4.79 Å². The quantitative estimate of drug-likeness (QED) is 0.915. The Bertz CT molecular complexity index is 667. The predicted molar refractivity (Wildman–Crippen MR) is 87.8 cm³/mol. The highest BCUT2D eigenvalue weighted by molar-refractivity contribution is 5.96. The van der Waals surface area contributed by atoms with Crippen LogP contribution >= 0.6 is 0 Å². The van der Waals surface area contributed by atoms with E-state index in [1.54, 1.807) is 12.4 Å². The summed E-state index contributed by atoms with van der Waals surface area (Å²) in [5.74, 6) is 0.346. The second-order valence-corrected chi connectivity index (χ2v) is 6.03. The lowest BCUT2D eigenvalue weighted by Crippen LogP contribution is -2.35. The number of carbonyl (C=O) groups excluding carboxylic acids is 1. The summed E-state index contributed by atoms with van der Waals surface area (Å²) in [7, 11) is 0. The van der Waals surface area contributed by atoms with Gasteiger partial charge in [-0.2, -0.15) is 0 Å². The molecular formula is C18H21N3O. The van der Waals surface area contributed by atoms with E-state index in [4.69, 9.17) is 0 Å². The van der Waals surface area contributed by atoms with Crippen LogP contribution < -0.4 is 10.6 Å². The Balaban J connectivity index is 1.83. The number of amides is 1. The topological polar surface area (TPSA) is 54.0 Å². The minimum Gasteiger partial charge on any atom is -0.324 e. The Kier molecular flexibility index (Phi) is 4.20. The minimum atomic E-state index is -0.162. The molecule has 0 saturated heterocycles. The van der Waals surface area contributed by atoms with Gasteiger partial charge in [-0.15, -0.1) is 0 Å². The minimum absolute atomic E-state index is 0.0127. The molecule has 2 heterocycles. The van der Waals surface area contributed by atoms with Gasteiger partial charge in [0.25, 0.3) is 0 Å². The Hall–Kier alpha value is -2.20. The van der Waals surface area contributed by atoms with Gasteiger partial charge in [0.05, 0.1) is 17.8 Å². The molecule has 1 aromatic carbocycles. The first kappa shape index (κ1) is 14.7. The van der Waals surface area contributed by atoms with Crippen molar-refractivity contribution in [1.29, 1.82) is 0 Å². The van der Waals surface area contributed by atoms with E-state index in [1.807, 2.05) is 12.1 Å². The van der Waals surface area contributed by atoms with Crippen LogP contribution in [0, 0.1) is 0 Å². The van der Waals surface area contributed by atoms with Crippen LogP contribution in [0.25, 0.3) is 0 Å². The first-order valence-electron chi connectivity index (χ1n) is 7.69. The number of carbonyl (C=O) groups is 1. The molecule has 4 nitrogen and oxygen atoms in total. The molecule has 1 unspecified atom stereocenters. The third-order valence-electron chi connectivity index (χ3n) is 4.12. The third-order valence-corrected chi connectivity index (χ3v) is 4.12. The molecule has 0 radical (unpaired) electrons. The largest absolute Gasteiger partial charge is 0.324 e. The van der Waals surface area contributed by atoms with E-state index in [0.29, 0.717) is 12.5 Å². The smallest absolute Gasteiger partial charge is 0.233 e. The van der Waals surface area contributed by atoms with Gasteiger partial charge in [0.1, 0.15) is 0 Å². The van der Waals surface area contributed by atoms with E-state index in [0.717, 1.165) is 17.8 Å². The number of hydrogen-bond donors (Lipinski definition) is 2. The number of nitrogens with zero attached hydrogens (tertiary/aromatic N) is 1. The van der Waals surface area contributed by atoms with Crippen LogP contribution in [0.2, 0.25) is 0 Å². The molecule has 114 valence electrons. The highest BCUT2D eigenvalue weighted by Gasteiger charge is 2.26. The summed E-state index contributed by atoms with van der Waals surface area (Å²) in [5.41, 5.74) is 4.40. The van der Waals surface area contributed by atoms with Crippen molar-refractivity contribution in [1.82, 2.24) is 10.3 Å². The summed E-state index contributed by atoms with van der Waals surface area (Å²) in [6.07, 6.45) is 3.36. The summed E-state index contributed by atoms with van der Waals surface area (Å²) in [4.78, 5) is 16.6. The molecule has 1 atom stereocenters. The molecule has 1 aromatic heterocycles. The van der Waals surface area contributed by atoms with Crippen LogP contribution in [0.5, 0.6) is 0 Å². The molecule has 1 aliphatic heterocycles. The zero-order chi connectivity index (χ0) is 15.5. The normalized spacial score (nSPS) is 17.1. The van der Waals surface area contributed by atoms with Crippen molar-refractivity contribution in [3.8, 4) is 0 Å². The molecule has 0 saturated carbocycles. The first-order chi connectivity index (χ1) is 10.6. The van der Waals surface area contributed by atoms with E-state index < -0.39 is 0 Å². The fourth-order valence-electron chi connectivity index (χ4n) is 2.84. The summed E-state index contributed by atoms with van der Waals surface area (Å²) >= 11 is 0. The molecule has 0 aliphatic carbocycles. The van der Waals surface area contributed by atoms with Gasteiger partial charge in [0, 0.05) is 19.3 Å². The Morgan fingerprint density at radius 2 is 2.23 bits per heavy atom. The molecule has 2 N–H and O–H groups in total. The van der Waals surface area contributed by atoms with Crippen molar-refractivity contribution >= 4 is 11.6 Å². The van der Waals surface area contributed by atoms with Gasteiger partial charge in [-0.05, 0) is 34.7 Å². The fourth-order valence-corrected chi connectivity index (χ4v) is 2.84. The maximum absolute atomic E-state index is 12.6. The van der Waals surface area contributed by atoms with Crippen molar-refractivity contribution in [3.05, 3.63) is 59.4 Å². The van der Waals surface area contributed by atoms with Crippen LogP contribution in [0.1, 0.15) is 42.4 Å². The summed E-state index contributed by atoms with van der Waals surface area (Å²) in [5, 5.41) is 6.30. The van der Waals surface area contributed by atoms with Gasteiger partial charge in [-0.25, -0.2) is 0 Å². The van der Waals surface area contributed by atoms with E-state index in [-0.39, 0.29) is 11.8 Å². The predicted octanol–water partition coefficient (Wildman–Crippen LogP) is 3.03. The molecule has 22 heavy (non-hydrogen) atoms. The lowest BCUT2D eigenvalue weighted by atomic mass is 9.87. The molecular weight excluding hydrogens is 274 g/mol. The van der Waals surface area contributed by atoms with Crippen molar-refractivity contribution in [2.45, 2.75) is 32.2 Å². The average molecular weight is 295 g/mol. The summed E-state index contributed by atoms with van der Waals surface area (Å²) in [6.45, 7) is 5.86. The third kappa shape index (κ3) is 3.02. The molecule has 2 aromatic rings. The zero-order valence-corrected chi connectivity index (χ0v) is 13.0. The van der Waals surface area contributed by atoms with Crippen molar-refractivity contribution in [3.63, 3.8) is 0 Å². The Labute approximate surface area is 131 Å². The average Bonchev–Trinajstić information content (AvgIpc) is 2.54. The molecule has 0 bridgehead atoms. The van der Waals surface area contributed by atoms with E-state index >= 15 is 0 Å². The molecule has 4 heteroatoms.